The van der Waals surface area contributed by atoms with Crippen molar-refractivity contribution >= 4 is 5.91 Å². The number of hydrogen-bond donors (Lipinski definition) is 0. The third-order valence-corrected chi connectivity index (χ3v) is 7.64. The Morgan fingerprint density at radius 3 is 2.86 bits per heavy atom. The molecule has 0 radical (unpaired) electrons. The average molecular weight is 489 g/mol. The van der Waals surface area contributed by atoms with Crippen LogP contribution in [0.15, 0.2) is 30.6 Å². The zero-order chi connectivity index (χ0) is 24.8. The maximum atomic E-state index is 14.0. The third-order valence-electron chi connectivity index (χ3n) is 7.64. The van der Waals surface area contributed by atoms with E-state index in [1.165, 1.54) is 17.1 Å². The molecule has 1 amide bonds. The minimum Gasteiger partial charge on any atom is -0.370 e. The van der Waals surface area contributed by atoms with Gasteiger partial charge < -0.3 is 9.64 Å². The summed E-state index contributed by atoms with van der Waals surface area (Å²) >= 11 is 0. The lowest BCUT2D eigenvalue weighted by molar-refractivity contribution is -0.141. The van der Waals surface area contributed by atoms with Crippen LogP contribution in [0.5, 0.6) is 0 Å². The van der Waals surface area contributed by atoms with Gasteiger partial charge in [0.25, 0.3) is 0 Å². The highest BCUT2D eigenvalue weighted by atomic mass is 19.1. The Morgan fingerprint density at radius 2 is 2.06 bits per heavy atom. The number of benzene rings is 1. The predicted molar refractivity (Wildman–Crippen MR) is 124 cm³/mol. The zero-order valence-electron chi connectivity index (χ0n) is 19.8. The Bertz CT molecular complexity index is 1350. The summed E-state index contributed by atoms with van der Waals surface area (Å²) in [6.07, 6.45) is 2.77. The van der Waals surface area contributed by atoms with Crippen molar-refractivity contribution in [3.05, 3.63) is 64.4 Å². The summed E-state index contributed by atoms with van der Waals surface area (Å²) in [5, 5.41) is 20.5. The van der Waals surface area contributed by atoms with Crippen LogP contribution in [0.4, 0.5) is 4.39 Å². The summed E-state index contributed by atoms with van der Waals surface area (Å²) < 4.78 is 21.7. The first-order valence-corrected chi connectivity index (χ1v) is 12.1. The SMILES string of the molecule is Cc1c([C@H]2CN3CCN(C(=O)C4CCc5nc(-n6cnnn6)ccc54)C[C@H]3CO2)ccc(F)c1C#N. The average Bonchev–Trinajstić information content (AvgIpc) is 3.58. The van der Waals surface area contributed by atoms with Crippen molar-refractivity contribution in [1.82, 2.24) is 35.0 Å². The number of carbonyl (C=O) groups is 1. The summed E-state index contributed by atoms with van der Waals surface area (Å²) in [5.41, 5.74) is 3.46. The van der Waals surface area contributed by atoms with Gasteiger partial charge in [-0.3, -0.25) is 9.69 Å². The number of carbonyl (C=O) groups excluding carboxylic acids is 1. The predicted octanol–water partition coefficient (Wildman–Crippen LogP) is 1.69. The van der Waals surface area contributed by atoms with Crippen molar-refractivity contribution < 1.29 is 13.9 Å². The van der Waals surface area contributed by atoms with Gasteiger partial charge in [0.15, 0.2) is 5.82 Å². The highest BCUT2D eigenvalue weighted by molar-refractivity contribution is 5.85. The molecule has 11 heteroatoms. The van der Waals surface area contributed by atoms with Gasteiger partial charge in [0, 0.05) is 31.9 Å². The molecule has 1 aromatic carbocycles. The molecule has 6 rings (SSSR count). The minimum absolute atomic E-state index is 0.0741. The fourth-order valence-corrected chi connectivity index (χ4v) is 5.68. The molecule has 184 valence electrons. The van der Waals surface area contributed by atoms with Crippen molar-refractivity contribution in [2.24, 2.45) is 0 Å². The molecule has 2 saturated heterocycles. The standard InChI is InChI=1S/C25H25FN8O2/c1-15-17(2-5-21(26)20(15)10-27)23-12-32-8-9-33(11-16(32)13-36-23)25(35)19-3-6-22-18(19)4-7-24(29-22)34-14-28-30-31-34/h2,4-5,7,14,16,19,23H,3,6,8-9,11-13H2,1H3/t16-,19?,23+/m0/s1. The van der Waals surface area contributed by atoms with Gasteiger partial charge >= 0.3 is 0 Å². The molecule has 1 unspecified atom stereocenters. The quantitative estimate of drug-likeness (QED) is 0.547. The monoisotopic (exact) mass is 488 g/mol. The van der Waals surface area contributed by atoms with Crippen LogP contribution in [0.2, 0.25) is 0 Å². The molecule has 0 bridgehead atoms. The van der Waals surface area contributed by atoms with Crippen LogP contribution in [0.25, 0.3) is 5.82 Å². The highest BCUT2D eigenvalue weighted by Crippen LogP contribution is 2.36. The molecule has 10 nitrogen and oxygen atoms in total. The van der Waals surface area contributed by atoms with Gasteiger partial charge in [0.2, 0.25) is 5.91 Å². The number of ether oxygens (including phenoxy) is 1. The lowest BCUT2D eigenvalue weighted by atomic mass is 9.95. The molecule has 1 aliphatic carbocycles. The maximum absolute atomic E-state index is 14.0. The Labute approximate surface area is 207 Å². The fourth-order valence-electron chi connectivity index (χ4n) is 5.68. The molecular weight excluding hydrogens is 463 g/mol. The summed E-state index contributed by atoms with van der Waals surface area (Å²) in [5.74, 6) is 0.0913. The summed E-state index contributed by atoms with van der Waals surface area (Å²) in [4.78, 5) is 22.5. The Hall–Kier alpha value is -3.75. The maximum Gasteiger partial charge on any atom is 0.230 e. The van der Waals surface area contributed by atoms with Crippen molar-refractivity contribution in [2.75, 3.05) is 32.8 Å². The third kappa shape index (κ3) is 3.83. The number of morpholine rings is 1. The van der Waals surface area contributed by atoms with Gasteiger partial charge in [-0.1, -0.05) is 12.1 Å². The molecule has 3 atom stereocenters. The molecule has 4 heterocycles. The van der Waals surface area contributed by atoms with Gasteiger partial charge in [0.1, 0.15) is 18.2 Å². The number of piperazine rings is 1. The molecule has 2 fully saturated rings. The number of tetrazole rings is 1. The number of nitrogens with zero attached hydrogens (tertiary/aromatic N) is 8. The first kappa shape index (κ1) is 22.7. The topological polar surface area (TPSA) is 113 Å². The number of hydrogen-bond acceptors (Lipinski definition) is 8. The van der Waals surface area contributed by atoms with Gasteiger partial charge in [0.05, 0.1) is 30.2 Å². The van der Waals surface area contributed by atoms with Crippen LogP contribution in [0.3, 0.4) is 0 Å². The van der Waals surface area contributed by atoms with E-state index in [2.05, 4.69) is 25.4 Å². The molecule has 0 N–H and O–H groups in total. The van der Waals surface area contributed by atoms with Gasteiger partial charge in [-0.25, -0.2) is 9.37 Å². The highest BCUT2D eigenvalue weighted by Gasteiger charge is 2.39. The summed E-state index contributed by atoms with van der Waals surface area (Å²) in [6.45, 7) is 4.90. The van der Waals surface area contributed by atoms with Crippen LogP contribution in [0, 0.1) is 24.1 Å². The Balaban J connectivity index is 1.12. The summed E-state index contributed by atoms with van der Waals surface area (Å²) in [7, 11) is 0. The van der Waals surface area contributed by atoms with Crippen LogP contribution in [0.1, 0.15) is 46.4 Å². The molecule has 2 aliphatic heterocycles. The van der Waals surface area contributed by atoms with E-state index in [0.717, 1.165) is 36.2 Å². The first-order chi connectivity index (χ1) is 17.5. The van der Waals surface area contributed by atoms with E-state index in [-0.39, 0.29) is 29.5 Å². The van der Waals surface area contributed by atoms with E-state index in [1.807, 2.05) is 23.1 Å². The number of rotatable bonds is 3. The van der Waals surface area contributed by atoms with Crippen LogP contribution in [-0.2, 0) is 16.0 Å². The lowest BCUT2D eigenvalue weighted by Crippen LogP contribution is -2.60. The Kier molecular flexibility index (Phi) is 5.70. The van der Waals surface area contributed by atoms with Gasteiger partial charge in [-0.2, -0.15) is 9.94 Å². The normalized spacial score (nSPS) is 23.7. The fraction of sp³-hybridized carbons (Fsp3) is 0.440. The molecule has 3 aromatic rings. The number of pyridine rings is 1. The number of aryl methyl sites for hydroxylation is 1. The van der Waals surface area contributed by atoms with Crippen LogP contribution >= 0.6 is 0 Å². The van der Waals surface area contributed by atoms with Crippen molar-refractivity contribution in [3.63, 3.8) is 0 Å². The largest absolute Gasteiger partial charge is 0.370 e. The zero-order valence-corrected chi connectivity index (χ0v) is 19.8. The van der Waals surface area contributed by atoms with Crippen molar-refractivity contribution in [1.29, 1.82) is 5.26 Å². The van der Waals surface area contributed by atoms with E-state index in [1.54, 1.807) is 13.0 Å². The van der Waals surface area contributed by atoms with E-state index in [4.69, 9.17) is 4.74 Å². The van der Waals surface area contributed by atoms with E-state index in [9.17, 15) is 14.4 Å². The molecule has 36 heavy (non-hydrogen) atoms. The molecule has 0 spiro atoms. The second-order valence-corrected chi connectivity index (χ2v) is 9.55. The van der Waals surface area contributed by atoms with Crippen molar-refractivity contribution in [2.45, 2.75) is 37.8 Å². The number of fused-ring (bicyclic) bond motifs is 2. The smallest absolute Gasteiger partial charge is 0.230 e. The van der Waals surface area contributed by atoms with Crippen LogP contribution < -0.4 is 0 Å². The second-order valence-electron chi connectivity index (χ2n) is 9.55. The van der Waals surface area contributed by atoms with Gasteiger partial charge in [-0.05, 0) is 59.0 Å². The van der Waals surface area contributed by atoms with Gasteiger partial charge in [-0.15, -0.1) is 5.10 Å². The van der Waals surface area contributed by atoms with E-state index >= 15 is 0 Å². The molecular formula is C25H25FN8O2. The van der Waals surface area contributed by atoms with Crippen LogP contribution in [-0.4, -0.2) is 79.7 Å². The molecule has 3 aliphatic rings. The lowest BCUT2D eigenvalue weighted by Gasteiger charge is -2.46. The number of nitriles is 1. The first-order valence-electron chi connectivity index (χ1n) is 12.1. The van der Waals surface area contributed by atoms with E-state index < -0.39 is 5.82 Å². The van der Waals surface area contributed by atoms with E-state index in [0.29, 0.717) is 37.6 Å². The number of aromatic nitrogens is 5. The molecule has 0 saturated carbocycles. The second kappa shape index (κ2) is 9.04. The number of halogens is 1. The summed E-state index contributed by atoms with van der Waals surface area (Å²) in [6, 6.07) is 8.94. The Morgan fingerprint density at radius 1 is 1.19 bits per heavy atom. The molecule has 2 aromatic heterocycles. The van der Waals surface area contributed by atoms with Crippen molar-refractivity contribution in [3.8, 4) is 11.9 Å². The minimum atomic E-state index is -0.505. The number of amides is 1.